The number of carbonyl (C=O) groups excluding carboxylic acids is 3. The number of piperazine rings is 1. The van der Waals surface area contributed by atoms with Crippen LogP contribution in [0.15, 0.2) is 0 Å². The van der Waals surface area contributed by atoms with Gasteiger partial charge in [0.1, 0.15) is 18.5 Å². The highest BCUT2D eigenvalue weighted by Crippen LogP contribution is 2.05. The molecular formula is C7H9ClN2O3. The fraction of sp³-hybridized carbons (Fsp3) is 0.571. The Bertz CT molecular complexity index is 266. The zero-order valence-corrected chi connectivity index (χ0v) is 7.80. The molecule has 0 bridgehead atoms. The van der Waals surface area contributed by atoms with Crippen LogP contribution >= 0.6 is 11.6 Å². The summed E-state index contributed by atoms with van der Waals surface area (Å²) in [5.41, 5.74) is 0. The molecule has 1 fully saturated rings. The van der Waals surface area contributed by atoms with Gasteiger partial charge in [-0.1, -0.05) is 0 Å². The van der Waals surface area contributed by atoms with Crippen LogP contribution in [0.1, 0.15) is 6.92 Å². The summed E-state index contributed by atoms with van der Waals surface area (Å²) in [5.74, 6) is -1.56. The van der Waals surface area contributed by atoms with E-state index in [1.807, 2.05) is 0 Å². The van der Waals surface area contributed by atoms with Crippen LogP contribution in [0.25, 0.3) is 0 Å². The second-order valence-corrected chi connectivity index (χ2v) is 3.01. The molecule has 0 aromatic carbocycles. The maximum Gasteiger partial charge on any atom is 0.249 e. The van der Waals surface area contributed by atoms with Crippen molar-refractivity contribution in [1.29, 1.82) is 0 Å². The molecule has 1 saturated heterocycles. The maximum absolute atomic E-state index is 11.1. The SMILES string of the molecule is CC1C(=O)NC(=O)CN1C(=O)CCl. The molecule has 72 valence electrons. The number of hydrogen-bond acceptors (Lipinski definition) is 3. The fourth-order valence-electron chi connectivity index (χ4n) is 1.10. The minimum Gasteiger partial charge on any atom is -0.321 e. The summed E-state index contributed by atoms with van der Waals surface area (Å²) in [4.78, 5) is 34.2. The largest absolute Gasteiger partial charge is 0.321 e. The average molecular weight is 205 g/mol. The fourth-order valence-corrected chi connectivity index (χ4v) is 1.25. The Kier molecular flexibility index (Phi) is 2.87. The van der Waals surface area contributed by atoms with Gasteiger partial charge in [0, 0.05) is 0 Å². The van der Waals surface area contributed by atoms with Crippen LogP contribution < -0.4 is 5.32 Å². The van der Waals surface area contributed by atoms with E-state index in [0.29, 0.717) is 0 Å². The molecule has 0 saturated carbocycles. The molecule has 13 heavy (non-hydrogen) atoms. The van der Waals surface area contributed by atoms with E-state index in [0.717, 1.165) is 4.90 Å². The zero-order valence-electron chi connectivity index (χ0n) is 7.04. The Balaban J connectivity index is 2.77. The quantitative estimate of drug-likeness (QED) is 0.445. The van der Waals surface area contributed by atoms with Gasteiger partial charge < -0.3 is 4.90 Å². The van der Waals surface area contributed by atoms with Gasteiger partial charge in [0.15, 0.2) is 0 Å². The van der Waals surface area contributed by atoms with Gasteiger partial charge in [0.05, 0.1) is 0 Å². The second kappa shape index (κ2) is 3.74. The zero-order chi connectivity index (χ0) is 10.0. The van der Waals surface area contributed by atoms with Crippen LogP contribution in [-0.2, 0) is 14.4 Å². The van der Waals surface area contributed by atoms with Gasteiger partial charge in [-0.15, -0.1) is 11.6 Å². The van der Waals surface area contributed by atoms with Gasteiger partial charge >= 0.3 is 0 Å². The third-order valence-corrected chi connectivity index (χ3v) is 2.09. The lowest BCUT2D eigenvalue weighted by Gasteiger charge is -2.30. The second-order valence-electron chi connectivity index (χ2n) is 2.74. The number of carbonyl (C=O) groups is 3. The van der Waals surface area contributed by atoms with Crippen molar-refractivity contribution >= 4 is 29.3 Å². The summed E-state index contributed by atoms with van der Waals surface area (Å²) in [5, 5.41) is 2.12. The van der Waals surface area contributed by atoms with Gasteiger partial charge in [-0.05, 0) is 6.92 Å². The lowest BCUT2D eigenvalue weighted by Crippen LogP contribution is -2.58. The van der Waals surface area contributed by atoms with Gasteiger partial charge in [-0.2, -0.15) is 0 Å². The molecule has 1 atom stereocenters. The minimum absolute atomic E-state index is 0.0988. The van der Waals surface area contributed by atoms with Crippen molar-refractivity contribution in [3.8, 4) is 0 Å². The molecule has 3 amide bonds. The monoisotopic (exact) mass is 204 g/mol. The third kappa shape index (κ3) is 1.98. The van der Waals surface area contributed by atoms with E-state index in [-0.39, 0.29) is 12.4 Å². The molecule has 0 aliphatic carbocycles. The number of nitrogens with zero attached hydrogens (tertiary/aromatic N) is 1. The predicted octanol–water partition coefficient (Wildman–Crippen LogP) is -0.901. The predicted molar refractivity (Wildman–Crippen MR) is 45.0 cm³/mol. The van der Waals surface area contributed by atoms with Crippen molar-refractivity contribution in [3.05, 3.63) is 0 Å². The number of nitrogens with one attached hydrogen (secondary N) is 1. The standard InChI is InChI=1S/C7H9ClN2O3/c1-4-7(13)9-5(11)3-10(4)6(12)2-8/h4H,2-3H2,1H3,(H,9,11,13). The van der Waals surface area contributed by atoms with Crippen molar-refractivity contribution in [2.75, 3.05) is 12.4 Å². The number of imide groups is 1. The number of alkyl halides is 1. The molecule has 6 heteroatoms. The van der Waals surface area contributed by atoms with Crippen LogP contribution in [-0.4, -0.2) is 41.1 Å². The summed E-state index contributed by atoms with van der Waals surface area (Å²) in [6, 6.07) is -0.621. The van der Waals surface area contributed by atoms with E-state index in [4.69, 9.17) is 11.6 Å². The summed E-state index contributed by atoms with van der Waals surface area (Å²) >= 11 is 5.31. The first-order valence-electron chi connectivity index (χ1n) is 3.75. The highest BCUT2D eigenvalue weighted by molar-refractivity contribution is 6.27. The molecule has 0 spiro atoms. The smallest absolute Gasteiger partial charge is 0.249 e. The van der Waals surface area contributed by atoms with Crippen LogP contribution in [0.4, 0.5) is 0 Å². The lowest BCUT2D eigenvalue weighted by atomic mass is 10.2. The molecule has 1 heterocycles. The van der Waals surface area contributed by atoms with Crippen LogP contribution in [0.5, 0.6) is 0 Å². The molecule has 0 aromatic rings. The van der Waals surface area contributed by atoms with Crippen molar-refractivity contribution in [2.24, 2.45) is 0 Å². The molecule has 1 rings (SSSR count). The van der Waals surface area contributed by atoms with Crippen molar-refractivity contribution in [3.63, 3.8) is 0 Å². The Labute approximate surface area is 80.0 Å². The van der Waals surface area contributed by atoms with Gasteiger partial charge in [-0.3, -0.25) is 19.7 Å². The molecule has 5 nitrogen and oxygen atoms in total. The van der Waals surface area contributed by atoms with Crippen LogP contribution in [0, 0.1) is 0 Å². The molecule has 0 radical (unpaired) electrons. The third-order valence-electron chi connectivity index (χ3n) is 1.86. The normalized spacial score (nSPS) is 22.9. The Morgan fingerprint density at radius 1 is 1.69 bits per heavy atom. The Morgan fingerprint density at radius 2 is 2.31 bits per heavy atom. The molecule has 1 aliphatic rings. The molecule has 1 unspecified atom stereocenters. The first-order valence-corrected chi connectivity index (χ1v) is 4.29. The number of rotatable bonds is 1. The molecular weight excluding hydrogens is 196 g/mol. The van der Waals surface area contributed by atoms with Gasteiger partial charge in [0.2, 0.25) is 17.7 Å². The summed E-state index contributed by atoms with van der Waals surface area (Å²) in [6.07, 6.45) is 0. The van der Waals surface area contributed by atoms with Gasteiger partial charge in [-0.25, -0.2) is 0 Å². The maximum atomic E-state index is 11.1. The van der Waals surface area contributed by atoms with Crippen molar-refractivity contribution in [1.82, 2.24) is 10.2 Å². The van der Waals surface area contributed by atoms with Crippen molar-refractivity contribution < 1.29 is 14.4 Å². The van der Waals surface area contributed by atoms with Crippen LogP contribution in [0.2, 0.25) is 0 Å². The number of hydrogen-bond donors (Lipinski definition) is 1. The van der Waals surface area contributed by atoms with E-state index in [1.54, 1.807) is 6.92 Å². The highest BCUT2D eigenvalue weighted by atomic mass is 35.5. The number of halogens is 1. The highest BCUT2D eigenvalue weighted by Gasteiger charge is 2.32. The van der Waals surface area contributed by atoms with E-state index in [1.165, 1.54) is 0 Å². The summed E-state index contributed by atoms with van der Waals surface area (Å²) in [6.45, 7) is 1.45. The first kappa shape index (κ1) is 9.98. The molecule has 0 aromatic heterocycles. The van der Waals surface area contributed by atoms with Crippen LogP contribution in [0.3, 0.4) is 0 Å². The van der Waals surface area contributed by atoms with Crippen molar-refractivity contribution in [2.45, 2.75) is 13.0 Å². The Morgan fingerprint density at radius 3 is 2.85 bits per heavy atom. The number of amides is 3. The lowest BCUT2D eigenvalue weighted by molar-refractivity contribution is -0.148. The minimum atomic E-state index is -0.621. The van der Waals surface area contributed by atoms with Gasteiger partial charge in [0.25, 0.3) is 0 Å². The Hall–Kier alpha value is -1.10. The summed E-state index contributed by atoms with van der Waals surface area (Å²) in [7, 11) is 0. The van der Waals surface area contributed by atoms with E-state index < -0.39 is 23.8 Å². The summed E-state index contributed by atoms with van der Waals surface area (Å²) < 4.78 is 0. The van der Waals surface area contributed by atoms with E-state index >= 15 is 0 Å². The molecule has 1 N–H and O–H groups in total. The topological polar surface area (TPSA) is 66.5 Å². The molecule has 1 aliphatic heterocycles. The van der Waals surface area contributed by atoms with E-state index in [2.05, 4.69) is 5.32 Å². The average Bonchev–Trinajstić information content (AvgIpc) is 2.10. The first-order chi connectivity index (χ1) is 6.06. The van der Waals surface area contributed by atoms with E-state index in [9.17, 15) is 14.4 Å².